The molecule has 138 valence electrons. The third-order valence-corrected chi connectivity index (χ3v) is 3.85. The Balaban J connectivity index is 1.53. The van der Waals surface area contributed by atoms with Crippen LogP contribution in [0.5, 0.6) is 0 Å². The Hall–Kier alpha value is -3.55. The minimum Gasteiger partial charge on any atom is -0.452 e. The van der Waals surface area contributed by atoms with Crippen molar-refractivity contribution in [3.63, 3.8) is 0 Å². The molecule has 0 aliphatic carbocycles. The van der Waals surface area contributed by atoms with E-state index in [0.29, 0.717) is 17.0 Å². The Labute approximate surface area is 154 Å². The molecule has 3 rings (SSSR count). The van der Waals surface area contributed by atoms with E-state index >= 15 is 0 Å². The molecule has 0 radical (unpaired) electrons. The molecular formula is C19H16FN3O4. The molecule has 0 aliphatic heterocycles. The van der Waals surface area contributed by atoms with Gasteiger partial charge in [0.15, 0.2) is 6.61 Å². The molecule has 0 saturated carbocycles. The fraction of sp³-hybridized carbons (Fsp3) is 0.158. The van der Waals surface area contributed by atoms with Gasteiger partial charge in [-0.15, -0.1) is 10.2 Å². The van der Waals surface area contributed by atoms with E-state index in [1.54, 1.807) is 30.3 Å². The Kier molecular flexibility index (Phi) is 5.55. The third-order valence-electron chi connectivity index (χ3n) is 3.85. The van der Waals surface area contributed by atoms with Gasteiger partial charge in [-0.3, -0.25) is 4.79 Å². The highest BCUT2D eigenvalue weighted by atomic mass is 19.1. The molecule has 0 saturated heterocycles. The van der Waals surface area contributed by atoms with Gasteiger partial charge in [-0.2, -0.15) is 0 Å². The van der Waals surface area contributed by atoms with Crippen molar-refractivity contribution >= 4 is 11.9 Å². The number of likely N-dealkylation sites (N-methyl/N-ethyl adjacent to an activating group) is 1. The zero-order valence-electron chi connectivity index (χ0n) is 14.5. The van der Waals surface area contributed by atoms with E-state index in [0.717, 1.165) is 0 Å². The number of carbonyl (C=O) groups excluding carboxylic acids is 2. The lowest BCUT2D eigenvalue weighted by Gasteiger charge is -2.17. The summed E-state index contributed by atoms with van der Waals surface area (Å²) in [5, 5.41) is 7.35. The fourth-order valence-corrected chi connectivity index (χ4v) is 2.34. The number of halogens is 1. The van der Waals surface area contributed by atoms with Gasteiger partial charge in [0.05, 0.1) is 5.56 Å². The van der Waals surface area contributed by atoms with Gasteiger partial charge < -0.3 is 14.1 Å². The van der Waals surface area contributed by atoms with Crippen molar-refractivity contribution in [1.29, 1.82) is 0 Å². The molecule has 2 aromatic carbocycles. The Bertz CT molecular complexity index is 926. The van der Waals surface area contributed by atoms with Crippen LogP contribution in [0.1, 0.15) is 15.9 Å². The predicted molar refractivity (Wildman–Crippen MR) is 92.9 cm³/mol. The van der Waals surface area contributed by atoms with Crippen molar-refractivity contribution in [3.8, 4) is 11.5 Å². The van der Waals surface area contributed by atoms with E-state index in [1.807, 2.05) is 0 Å². The van der Waals surface area contributed by atoms with Gasteiger partial charge in [0.25, 0.3) is 5.91 Å². The second-order valence-corrected chi connectivity index (χ2v) is 5.74. The normalized spacial score (nSPS) is 10.4. The lowest BCUT2D eigenvalue weighted by molar-refractivity contribution is -0.133. The first-order valence-corrected chi connectivity index (χ1v) is 8.05. The van der Waals surface area contributed by atoms with E-state index in [4.69, 9.17) is 9.15 Å². The smallest absolute Gasteiger partial charge is 0.338 e. The van der Waals surface area contributed by atoms with Crippen LogP contribution in [0.15, 0.2) is 59.3 Å². The fourth-order valence-electron chi connectivity index (χ4n) is 2.34. The van der Waals surface area contributed by atoms with Gasteiger partial charge >= 0.3 is 5.97 Å². The quantitative estimate of drug-likeness (QED) is 0.621. The Morgan fingerprint density at radius 1 is 1.15 bits per heavy atom. The number of esters is 1. The highest BCUT2D eigenvalue weighted by Crippen LogP contribution is 2.17. The van der Waals surface area contributed by atoms with Crippen LogP contribution in [0.3, 0.4) is 0 Å². The van der Waals surface area contributed by atoms with Crippen molar-refractivity contribution in [3.05, 3.63) is 71.9 Å². The number of aromatic nitrogens is 2. The van der Waals surface area contributed by atoms with Crippen LogP contribution in [-0.2, 0) is 16.1 Å². The standard InChI is InChI=1S/C19H16FN3O4/c1-23(10-15-4-2-3-5-16(15)20)17(24)11-26-19(25)14-8-6-13(7-9-14)18-22-21-12-27-18/h2-9,12H,10-11H2,1H3. The summed E-state index contributed by atoms with van der Waals surface area (Å²) < 4.78 is 23.7. The lowest BCUT2D eigenvalue weighted by Crippen LogP contribution is -2.31. The highest BCUT2D eigenvalue weighted by Gasteiger charge is 2.15. The van der Waals surface area contributed by atoms with Crippen LogP contribution in [0, 0.1) is 5.82 Å². The third kappa shape index (κ3) is 4.55. The van der Waals surface area contributed by atoms with Crippen LogP contribution >= 0.6 is 0 Å². The number of carbonyl (C=O) groups is 2. The molecule has 0 fully saturated rings. The second kappa shape index (κ2) is 8.22. The highest BCUT2D eigenvalue weighted by molar-refractivity contribution is 5.91. The summed E-state index contributed by atoms with van der Waals surface area (Å²) in [6.07, 6.45) is 1.21. The largest absolute Gasteiger partial charge is 0.452 e. The molecule has 0 spiro atoms. The summed E-state index contributed by atoms with van der Waals surface area (Å²) in [7, 11) is 1.52. The number of hydrogen-bond donors (Lipinski definition) is 0. The number of rotatable bonds is 6. The number of benzene rings is 2. The van der Waals surface area contributed by atoms with Gasteiger partial charge in [0.1, 0.15) is 5.82 Å². The molecule has 0 aliphatic rings. The minimum atomic E-state index is -0.639. The first-order chi connectivity index (χ1) is 13.0. The monoisotopic (exact) mass is 369 g/mol. The molecule has 0 unspecified atom stereocenters. The summed E-state index contributed by atoms with van der Waals surface area (Å²) in [5.41, 5.74) is 1.32. The van der Waals surface area contributed by atoms with Crippen LogP contribution < -0.4 is 0 Å². The van der Waals surface area contributed by atoms with Crippen LogP contribution in [0.4, 0.5) is 4.39 Å². The summed E-state index contributed by atoms with van der Waals surface area (Å²) >= 11 is 0. The molecule has 1 amide bonds. The van der Waals surface area contributed by atoms with Crippen molar-refractivity contribution < 1.29 is 23.1 Å². The molecular weight excluding hydrogens is 353 g/mol. The summed E-state index contributed by atoms with van der Waals surface area (Å²) in [4.78, 5) is 25.5. The molecule has 3 aromatic rings. The van der Waals surface area contributed by atoms with Crippen LogP contribution in [0.2, 0.25) is 0 Å². The van der Waals surface area contributed by atoms with Gasteiger partial charge in [-0.1, -0.05) is 18.2 Å². The van der Waals surface area contributed by atoms with Gasteiger partial charge in [0, 0.05) is 24.7 Å². The maximum atomic E-state index is 13.6. The van der Waals surface area contributed by atoms with E-state index in [1.165, 1.54) is 36.5 Å². The summed E-state index contributed by atoms with van der Waals surface area (Å²) in [6, 6.07) is 12.5. The van der Waals surface area contributed by atoms with Crippen LogP contribution in [0.25, 0.3) is 11.5 Å². The number of hydrogen-bond acceptors (Lipinski definition) is 6. The van der Waals surface area contributed by atoms with Crippen molar-refractivity contribution in [2.45, 2.75) is 6.54 Å². The first kappa shape index (κ1) is 18.2. The van der Waals surface area contributed by atoms with E-state index in [2.05, 4.69) is 10.2 Å². The zero-order valence-corrected chi connectivity index (χ0v) is 14.5. The maximum Gasteiger partial charge on any atom is 0.338 e. The maximum absolute atomic E-state index is 13.6. The van der Waals surface area contributed by atoms with Crippen molar-refractivity contribution in [1.82, 2.24) is 15.1 Å². The predicted octanol–water partition coefficient (Wildman–Crippen LogP) is 2.69. The minimum absolute atomic E-state index is 0.0853. The molecule has 1 heterocycles. The van der Waals surface area contributed by atoms with Gasteiger partial charge in [-0.05, 0) is 30.3 Å². The van der Waals surface area contributed by atoms with Gasteiger partial charge in [-0.25, -0.2) is 9.18 Å². The topological polar surface area (TPSA) is 85.5 Å². The molecule has 7 nitrogen and oxygen atoms in total. The van der Waals surface area contributed by atoms with E-state index in [9.17, 15) is 14.0 Å². The number of ether oxygens (including phenoxy) is 1. The summed E-state index contributed by atoms with van der Waals surface area (Å²) in [5.74, 6) is -1.14. The molecule has 8 heteroatoms. The Morgan fingerprint density at radius 2 is 1.89 bits per heavy atom. The van der Waals surface area contributed by atoms with Crippen molar-refractivity contribution in [2.75, 3.05) is 13.7 Å². The first-order valence-electron chi connectivity index (χ1n) is 8.05. The lowest BCUT2D eigenvalue weighted by atomic mass is 10.1. The SMILES string of the molecule is CN(Cc1ccccc1F)C(=O)COC(=O)c1ccc(-c2nnco2)cc1. The average Bonchev–Trinajstić information content (AvgIpc) is 3.22. The molecule has 1 aromatic heterocycles. The van der Waals surface area contributed by atoms with E-state index in [-0.39, 0.29) is 12.1 Å². The molecule has 27 heavy (non-hydrogen) atoms. The van der Waals surface area contributed by atoms with Crippen LogP contribution in [-0.4, -0.2) is 40.6 Å². The number of amides is 1. The Morgan fingerprint density at radius 3 is 2.56 bits per heavy atom. The van der Waals surface area contributed by atoms with E-state index < -0.39 is 24.3 Å². The average molecular weight is 369 g/mol. The molecule has 0 atom stereocenters. The molecule has 0 N–H and O–H groups in total. The second-order valence-electron chi connectivity index (χ2n) is 5.74. The van der Waals surface area contributed by atoms with Gasteiger partial charge in [0.2, 0.25) is 12.3 Å². The zero-order chi connectivity index (χ0) is 19.2. The number of nitrogens with zero attached hydrogens (tertiary/aromatic N) is 3. The molecule has 0 bridgehead atoms. The summed E-state index contributed by atoms with van der Waals surface area (Å²) in [6.45, 7) is -0.350. The van der Waals surface area contributed by atoms with Crippen molar-refractivity contribution in [2.24, 2.45) is 0 Å².